The highest BCUT2D eigenvalue weighted by molar-refractivity contribution is 5.94. The molecular formula is C19H27FO. The fraction of sp³-hybridized carbons (Fsp3) is 0.632. The molecule has 1 aliphatic rings. The molecule has 0 spiro atoms. The van der Waals surface area contributed by atoms with E-state index >= 15 is 0 Å². The highest BCUT2D eigenvalue weighted by atomic mass is 19.1. The number of halogens is 1. The standard InChI is InChI=1S/C19H27FO/c1-3-4-5-6-15-7-9-16(10-8-15)18-12-11-17(14(2)21)13-19(18)20/h11-13,15-16H,3-10H2,1-2H3. The maximum atomic E-state index is 14.2. The lowest BCUT2D eigenvalue weighted by Gasteiger charge is -2.29. The van der Waals surface area contributed by atoms with Crippen LogP contribution in [0, 0.1) is 11.7 Å². The largest absolute Gasteiger partial charge is 0.295 e. The molecule has 2 rings (SSSR count). The molecule has 0 heterocycles. The van der Waals surface area contributed by atoms with Crippen molar-refractivity contribution in [3.8, 4) is 0 Å². The van der Waals surface area contributed by atoms with E-state index in [2.05, 4.69) is 6.92 Å². The van der Waals surface area contributed by atoms with Crippen molar-refractivity contribution in [2.45, 2.75) is 71.1 Å². The fourth-order valence-electron chi connectivity index (χ4n) is 3.52. The van der Waals surface area contributed by atoms with E-state index in [1.54, 1.807) is 6.07 Å². The summed E-state index contributed by atoms with van der Waals surface area (Å²) in [6.07, 6.45) is 9.93. The molecule has 2 heteroatoms. The molecule has 1 fully saturated rings. The Kier molecular flexibility index (Phi) is 5.96. The Hall–Kier alpha value is -1.18. The van der Waals surface area contributed by atoms with E-state index in [-0.39, 0.29) is 11.6 Å². The van der Waals surface area contributed by atoms with Crippen LogP contribution >= 0.6 is 0 Å². The lowest BCUT2D eigenvalue weighted by Crippen LogP contribution is -2.14. The first-order valence-corrected chi connectivity index (χ1v) is 8.42. The molecule has 0 aromatic heterocycles. The van der Waals surface area contributed by atoms with Crippen molar-refractivity contribution in [2.24, 2.45) is 5.92 Å². The van der Waals surface area contributed by atoms with Gasteiger partial charge in [0.05, 0.1) is 0 Å². The lowest BCUT2D eigenvalue weighted by molar-refractivity contribution is 0.101. The third-order valence-corrected chi connectivity index (χ3v) is 4.91. The molecular weight excluding hydrogens is 263 g/mol. The van der Waals surface area contributed by atoms with Crippen LogP contribution in [0.5, 0.6) is 0 Å². The number of hydrogen-bond acceptors (Lipinski definition) is 1. The number of rotatable bonds is 6. The van der Waals surface area contributed by atoms with E-state index in [9.17, 15) is 9.18 Å². The molecule has 116 valence electrons. The van der Waals surface area contributed by atoms with Gasteiger partial charge in [0.15, 0.2) is 5.78 Å². The summed E-state index contributed by atoms with van der Waals surface area (Å²) in [6.45, 7) is 3.72. The summed E-state index contributed by atoms with van der Waals surface area (Å²) in [5, 5.41) is 0. The molecule has 0 aliphatic heterocycles. The van der Waals surface area contributed by atoms with Crippen molar-refractivity contribution < 1.29 is 9.18 Å². The predicted octanol–water partition coefficient (Wildman–Crippen LogP) is 5.88. The zero-order chi connectivity index (χ0) is 15.2. The molecule has 0 radical (unpaired) electrons. The molecule has 0 N–H and O–H groups in total. The summed E-state index contributed by atoms with van der Waals surface area (Å²) in [5.41, 5.74) is 1.29. The van der Waals surface area contributed by atoms with Gasteiger partial charge in [-0.1, -0.05) is 44.7 Å². The first-order valence-electron chi connectivity index (χ1n) is 8.42. The van der Waals surface area contributed by atoms with Crippen molar-refractivity contribution in [3.63, 3.8) is 0 Å². The summed E-state index contributed by atoms with van der Waals surface area (Å²) in [7, 11) is 0. The van der Waals surface area contributed by atoms with E-state index in [0.29, 0.717) is 11.5 Å². The maximum Gasteiger partial charge on any atom is 0.159 e. The minimum atomic E-state index is -0.197. The van der Waals surface area contributed by atoms with Gasteiger partial charge in [0.25, 0.3) is 0 Å². The number of Topliss-reactive ketones (excluding diaryl/α,β-unsaturated/α-hetero) is 1. The molecule has 0 saturated heterocycles. The van der Waals surface area contributed by atoms with Gasteiger partial charge in [-0.3, -0.25) is 4.79 Å². The molecule has 0 unspecified atom stereocenters. The Morgan fingerprint density at radius 1 is 1.19 bits per heavy atom. The number of ketones is 1. The van der Waals surface area contributed by atoms with E-state index in [1.165, 1.54) is 51.5 Å². The lowest BCUT2D eigenvalue weighted by atomic mass is 9.76. The van der Waals surface area contributed by atoms with Crippen molar-refractivity contribution >= 4 is 5.78 Å². The molecule has 1 aromatic carbocycles. The number of hydrogen-bond donors (Lipinski definition) is 0. The van der Waals surface area contributed by atoms with Gasteiger partial charge in [0, 0.05) is 5.56 Å². The first-order chi connectivity index (χ1) is 10.1. The smallest absolute Gasteiger partial charge is 0.159 e. The van der Waals surface area contributed by atoms with Crippen LogP contribution in [-0.2, 0) is 0 Å². The number of benzene rings is 1. The van der Waals surface area contributed by atoms with E-state index < -0.39 is 0 Å². The van der Waals surface area contributed by atoms with E-state index in [4.69, 9.17) is 0 Å². The van der Waals surface area contributed by atoms with Crippen LogP contribution in [0.25, 0.3) is 0 Å². The van der Waals surface area contributed by atoms with E-state index in [1.807, 2.05) is 6.07 Å². The minimum Gasteiger partial charge on any atom is -0.295 e. The average molecular weight is 290 g/mol. The molecule has 0 bridgehead atoms. The molecule has 1 aliphatic carbocycles. The number of unbranched alkanes of at least 4 members (excludes halogenated alkanes) is 2. The first kappa shape index (κ1) is 16.2. The van der Waals surface area contributed by atoms with Crippen LogP contribution in [0.4, 0.5) is 4.39 Å². The number of carbonyl (C=O) groups is 1. The quantitative estimate of drug-likeness (QED) is 0.472. The van der Waals surface area contributed by atoms with Crippen LogP contribution in [0.1, 0.15) is 87.1 Å². The Morgan fingerprint density at radius 3 is 2.48 bits per heavy atom. The molecule has 1 saturated carbocycles. The van der Waals surface area contributed by atoms with Gasteiger partial charge in [-0.2, -0.15) is 0 Å². The van der Waals surface area contributed by atoms with Crippen LogP contribution in [0.3, 0.4) is 0 Å². The summed E-state index contributed by atoms with van der Waals surface area (Å²) in [6, 6.07) is 5.01. The molecule has 21 heavy (non-hydrogen) atoms. The highest BCUT2D eigenvalue weighted by Gasteiger charge is 2.24. The molecule has 0 atom stereocenters. The molecule has 0 amide bonds. The predicted molar refractivity (Wildman–Crippen MR) is 85.2 cm³/mol. The Bertz CT molecular complexity index is 472. The SMILES string of the molecule is CCCCCC1CCC(c2ccc(C(C)=O)cc2F)CC1. The monoisotopic (exact) mass is 290 g/mol. The minimum absolute atomic E-state index is 0.0694. The van der Waals surface area contributed by atoms with Gasteiger partial charge >= 0.3 is 0 Å². The van der Waals surface area contributed by atoms with Gasteiger partial charge in [-0.15, -0.1) is 0 Å². The topological polar surface area (TPSA) is 17.1 Å². The Balaban J connectivity index is 1.91. The normalized spacial score (nSPS) is 22.2. The van der Waals surface area contributed by atoms with Gasteiger partial charge in [-0.05, 0) is 56.1 Å². The summed E-state index contributed by atoms with van der Waals surface area (Å²) < 4.78 is 14.2. The Labute approximate surface area is 127 Å². The van der Waals surface area contributed by atoms with Gasteiger partial charge < -0.3 is 0 Å². The van der Waals surface area contributed by atoms with Crippen molar-refractivity contribution in [3.05, 3.63) is 35.1 Å². The third-order valence-electron chi connectivity index (χ3n) is 4.91. The molecule has 1 nitrogen and oxygen atoms in total. The van der Waals surface area contributed by atoms with E-state index in [0.717, 1.165) is 24.3 Å². The zero-order valence-corrected chi connectivity index (χ0v) is 13.3. The average Bonchev–Trinajstić information content (AvgIpc) is 2.48. The second-order valence-corrected chi connectivity index (χ2v) is 6.51. The van der Waals surface area contributed by atoms with Crippen LogP contribution in [0.15, 0.2) is 18.2 Å². The van der Waals surface area contributed by atoms with Gasteiger partial charge in [0.1, 0.15) is 5.82 Å². The summed E-state index contributed by atoms with van der Waals surface area (Å²) in [4.78, 5) is 11.3. The number of carbonyl (C=O) groups excluding carboxylic acids is 1. The second-order valence-electron chi connectivity index (χ2n) is 6.51. The van der Waals surface area contributed by atoms with Crippen molar-refractivity contribution in [1.82, 2.24) is 0 Å². The zero-order valence-electron chi connectivity index (χ0n) is 13.3. The maximum absolute atomic E-state index is 14.2. The summed E-state index contributed by atoms with van der Waals surface area (Å²) in [5.74, 6) is 0.915. The van der Waals surface area contributed by atoms with Crippen molar-refractivity contribution in [1.29, 1.82) is 0 Å². The molecule has 1 aromatic rings. The third kappa shape index (κ3) is 4.39. The summed E-state index contributed by atoms with van der Waals surface area (Å²) >= 11 is 0. The fourth-order valence-corrected chi connectivity index (χ4v) is 3.52. The van der Waals surface area contributed by atoms with Gasteiger partial charge in [0.2, 0.25) is 0 Å². The van der Waals surface area contributed by atoms with Crippen LogP contribution < -0.4 is 0 Å². The van der Waals surface area contributed by atoms with Crippen LogP contribution in [-0.4, -0.2) is 5.78 Å². The highest BCUT2D eigenvalue weighted by Crippen LogP contribution is 2.38. The Morgan fingerprint density at radius 2 is 1.90 bits per heavy atom. The second kappa shape index (κ2) is 7.72. The van der Waals surface area contributed by atoms with Crippen LogP contribution in [0.2, 0.25) is 0 Å². The van der Waals surface area contributed by atoms with Crippen molar-refractivity contribution in [2.75, 3.05) is 0 Å². The van der Waals surface area contributed by atoms with Gasteiger partial charge in [-0.25, -0.2) is 4.39 Å².